The van der Waals surface area contributed by atoms with Crippen molar-refractivity contribution in [2.45, 2.75) is 26.2 Å². The highest BCUT2D eigenvalue weighted by molar-refractivity contribution is 7.16. The summed E-state index contributed by atoms with van der Waals surface area (Å²) < 4.78 is 0. The van der Waals surface area contributed by atoms with E-state index in [1.54, 1.807) is 11.5 Å². The summed E-state index contributed by atoms with van der Waals surface area (Å²) in [4.78, 5) is 24.1. The molecule has 2 amide bonds. The SMILES string of the molecule is CC(C)(C)c1ccc(NC(=O)c2ccc(C(=O)NO)s2)cc1. The lowest BCUT2D eigenvalue weighted by molar-refractivity contribution is 0.0711. The number of anilines is 1. The van der Waals surface area contributed by atoms with Crippen molar-refractivity contribution in [2.24, 2.45) is 0 Å². The molecule has 3 N–H and O–H groups in total. The highest BCUT2D eigenvalue weighted by Crippen LogP contribution is 2.24. The van der Waals surface area contributed by atoms with Gasteiger partial charge in [-0.3, -0.25) is 14.8 Å². The van der Waals surface area contributed by atoms with E-state index in [9.17, 15) is 9.59 Å². The van der Waals surface area contributed by atoms with Gasteiger partial charge in [-0.05, 0) is 35.2 Å². The van der Waals surface area contributed by atoms with Crippen LogP contribution in [-0.2, 0) is 5.41 Å². The minimum atomic E-state index is -0.626. The maximum Gasteiger partial charge on any atom is 0.284 e. The average Bonchev–Trinajstić information content (AvgIpc) is 2.96. The van der Waals surface area contributed by atoms with Crippen molar-refractivity contribution < 1.29 is 14.8 Å². The number of hydrogen-bond donors (Lipinski definition) is 3. The van der Waals surface area contributed by atoms with Gasteiger partial charge in [0, 0.05) is 5.69 Å². The Hall–Kier alpha value is -2.18. The minimum absolute atomic E-state index is 0.0584. The minimum Gasteiger partial charge on any atom is -0.321 e. The Morgan fingerprint density at radius 2 is 1.50 bits per heavy atom. The summed E-state index contributed by atoms with van der Waals surface area (Å²) in [6.07, 6.45) is 0. The van der Waals surface area contributed by atoms with Crippen molar-refractivity contribution in [3.8, 4) is 0 Å². The van der Waals surface area contributed by atoms with Crippen molar-refractivity contribution in [2.75, 3.05) is 5.32 Å². The zero-order valence-corrected chi connectivity index (χ0v) is 13.5. The molecule has 5 nitrogen and oxygen atoms in total. The lowest BCUT2D eigenvalue weighted by Gasteiger charge is -2.19. The molecule has 6 heteroatoms. The molecule has 0 saturated heterocycles. The molecule has 0 aliphatic carbocycles. The lowest BCUT2D eigenvalue weighted by atomic mass is 9.87. The maximum atomic E-state index is 12.1. The second-order valence-electron chi connectivity index (χ2n) is 5.89. The molecule has 1 aromatic heterocycles. The Morgan fingerprint density at radius 3 is 2.00 bits per heavy atom. The Labute approximate surface area is 132 Å². The third kappa shape index (κ3) is 3.72. The highest BCUT2D eigenvalue weighted by atomic mass is 32.1. The summed E-state index contributed by atoms with van der Waals surface area (Å²) in [6, 6.07) is 10.7. The third-order valence-electron chi connectivity index (χ3n) is 3.16. The largest absolute Gasteiger partial charge is 0.321 e. The van der Waals surface area contributed by atoms with Gasteiger partial charge in [0.2, 0.25) is 0 Å². The number of rotatable bonds is 3. The van der Waals surface area contributed by atoms with Crippen LogP contribution in [0.4, 0.5) is 5.69 Å². The van der Waals surface area contributed by atoms with E-state index in [0.717, 1.165) is 11.3 Å². The number of nitrogens with one attached hydrogen (secondary N) is 2. The highest BCUT2D eigenvalue weighted by Gasteiger charge is 2.15. The predicted molar refractivity (Wildman–Crippen MR) is 86.7 cm³/mol. The van der Waals surface area contributed by atoms with E-state index in [1.807, 2.05) is 24.3 Å². The number of hydroxylamine groups is 1. The number of amides is 2. The van der Waals surface area contributed by atoms with Crippen molar-refractivity contribution in [3.63, 3.8) is 0 Å². The van der Waals surface area contributed by atoms with E-state index in [2.05, 4.69) is 26.1 Å². The number of carbonyl (C=O) groups is 2. The molecule has 0 saturated carbocycles. The van der Waals surface area contributed by atoms with Crippen LogP contribution in [0.1, 0.15) is 45.7 Å². The molecule has 0 fully saturated rings. The van der Waals surface area contributed by atoms with Gasteiger partial charge in [-0.2, -0.15) is 0 Å². The second kappa shape index (κ2) is 6.29. The standard InChI is InChI=1S/C16H18N2O3S/c1-16(2,3)10-4-6-11(7-5-10)17-14(19)12-8-9-13(22-12)15(20)18-21/h4-9,21H,1-3H3,(H,17,19)(H,18,20). The zero-order valence-electron chi connectivity index (χ0n) is 12.6. The molecule has 2 rings (SSSR count). The molecule has 2 aromatic rings. The van der Waals surface area contributed by atoms with Gasteiger partial charge < -0.3 is 5.32 Å². The van der Waals surface area contributed by atoms with Crippen molar-refractivity contribution >= 4 is 28.8 Å². The normalized spacial score (nSPS) is 11.1. The first-order valence-electron chi connectivity index (χ1n) is 6.77. The molecular weight excluding hydrogens is 300 g/mol. The van der Waals surface area contributed by atoms with Crippen LogP contribution in [-0.4, -0.2) is 17.0 Å². The Morgan fingerprint density at radius 1 is 0.955 bits per heavy atom. The van der Waals surface area contributed by atoms with E-state index < -0.39 is 5.91 Å². The fourth-order valence-electron chi connectivity index (χ4n) is 1.88. The van der Waals surface area contributed by atoms with Crippen molar-refractivity contribution in [1.82, 2.24) is 5.48 Å². The van der Waals surface area contributed by atoms with Gasteiger partial charge in [-0.15, -0.1) is 11.3 Å². The van der Waals surface area contributed by atoms with Crippen LogP contribution in [0.3, 0.4) is 0 Å². The van der Waals surface area contributed by atoms with Crippen LogP contribution in [0.15, 0.2) is 36.4 Å². The summed E-state index contributed by atoms with van der Waals surface area (Å²) in [6.45, 7) is 6.37. The average molecular weight is 318 g/mol. The second-order valence-corrected chi connectivity index (χ2v) is 6.97. The lowest BCUT2D eigenvalue weighted by Crippen LogP contribution is -2.17. The number of carbonyl (C=O) groups excluding carboxylic acids is 2. The van der Waals surface area contributed by atoms with Crippen LogP contribution in [0.25, 0.3) is 0 Å². The van der Waals surface area contributed by atoms with Crippen molar-refractivity contribution in [3.05, 3.63) is 51.7 Å². The molecule has 116 valence electrons. The van der Waals surface area contributed by atoms with E-state index in [1.165, 1.54) is 11.6 Å². The smallest absolute Gasteiger partial charge is 0.284 e. The van der Waals surface area contributed by atoms with E-state index in [0.29, 0.717) is 10.6 Å². The number of thiophene rings is 1. The zero-order chi connectivity index (χ0) is 16.3. The molecular formula is C16H18N2O3S. The van der Waals surface area contributed by atoms with Crippen LogP contribution in [0.5, 0.6) is 0 Å². The molecule has 22 heavy (non-hydrogen) atoms. The predicted octanol–water partition coefficient (Wildman–Crippen LogP) is 3.42. The Bertz CT molecular complexity index is 684. The fourth-order valence-corrected chi connectivity index (χ4v) is 2.67. The van der Waals surface area contributed by atoms with Gasteiger partial charge in [0.15, 0.2) is 0 Å². The molecule has 0 aliphatic heterocycles. The van der Waals surface area contributed by atoms with Gasteiger partial charge in [-0.1, -0.05) is 32.9 Å². The molecule has 1 heterocycles. The van der Waals surface area contributed by atoms with Crippen LogP contribution >= 0.6 is 11.3 Å². The Kier molecular flexibility index (Phi) is 4.63. The molecule has 0 bridgehead atoms. The number of benzene rings is 1. The molecule has 0 spiro atoms. The molecule has 1 aromatic carbocycles. The Balaban J connectivity index is 2.09. The summed E-state index contributed by atoms with van der Waals surface area (Å²) in [5.74, 6) is -0.913. The molecule has 0 atom stereocenters. The molecule has 0 radical (unpaired) electrons. The van der Waals surface area contributed by atoms with Gasteiger partial charge in [0.25, 0.3) is 11.8 Å². The quantitative estimate of drug-likeness (QED) is 0.599. The maximum absolute atomic E-state index is 12.1. The van der Waals surface area contributed by atoms with E-state index in [-0.39, 0.29) is 16.2 Å². The summed E-state index contributed by atoms with van der Waals surface area (Å²) >= 11 is 1.02. The monoisotopic (exact) mass is 318 g/mol. The summed E-state index contributed by atoms with van der Waals surface area (Å²) in [5, 5.41) is 11.4. The van der Waals surface area contributed by atoms with Gasteiger partial charge >= 0.3 is 0 Å². The van der Waals surface area contributed by atoms with E-state index >= 15 is 0 Å². The first-order valence-corrected chi connectivity index (χ1v) is 7.59. The van der Waals surface area contributed by atoms with Crippen molar-refractivity contribution in [1.29, 1.82) is 0 Å². The van der Waals surface area contributed by atoms with Gasteiger partial charge in [0.1, 0.15) is 0 Å². The first kappa shape index (κ1) is 16.2. The molecule has 0 unspecified atom stereocenters. The van der Waals surface area contributed by atoms with Crippen LogP contribution < -0.4 is 10.8 Å². The topological polar surface area (TPSA) is 78.4 Å². The fraction of sp³-hybridized carbons (Fsp3) is 0.250. The number of hydrogen-bond acceptors (Lipinski definition) is 4. The molecule has 0 aliphatic rings. The van der Waals surface area contributed by atoms with Crippen LogP contribution in [0, 0.1) is 0 Å². The summed E-state index contributed by atoms with van der Waals surface area (Å²) in [5.41, 5.74) is 3.48. The first-order chi connectivity index (χ1) is 10.3. The van der Waals surface area contributed by atoms with E-state index in [4.69, 9.17) is 5.21 Å². The van der Waals surface area contributed by atoms with Crippen LogP contribution in [0.2, 0.25) is 0 Å². The van der Waals surface area contributed by atoms with Gasteiger partial charge in [-0.25, -0.2) is 5.48 Å². The summed E-state index contributed by atoms with van der Waals surface area (Å²) in [7, 11) is 0. The van der Waals surface area contributed by atoms with Gasteiger partial charge in [0.05, 0.1) is 9.75 Å². The third-order valence-corrected chi connectivity index (χ3v) is 4.25.